The first-order valence-corrected chi connectivity index (χ1v) is 8.64. The molecule has 0 heterocycles. The minimum absolute atomic E-state index is 0.434. The topological polar surface area (TPSA) is 9.23 Å². The van der Waals surface area contributed by atoms with Crippen LogP contribution in [0.3, 0.4) is 0 Å². The number of allylic oxidation sites excluding steroid dienone is 4. The SMILES string of the molecule is CCCC/C=C\C/C=C\CCCCCCCC(C)OC. The minimum Gasteiger partial charge on any atom is -0.382 e. The van der Waals surface area contributed by atoms with Gasteiger partial charge in [0.25, 0.3) is 0 Å². The maximum Gasteiger partial charge on any atom is 0.0543 e. The third kappa shape index (κ3) is 15.5. The lowest BCUT2D eigenvalue weighted by Crippen LogP contribution is -2.03. The predicted molar refractivity (Wildman–Crippen MR) is 91.2 cm³/mol. The van der Waals surface area contributed by atoms with Crippen molar-refractivity contribution in [1.29, 1.82) is 0 Å². The number of hydrogen-bond donors (Lipinski definition) is 0. The van der Waals surface area contributed by atoms with Gasteiger partial charge in [-0.05, 0) is 39.0 Å². The molecule has 20 heavy (non-hydrogen) atoms. The lowest BCUT2D eigenvalue weighted by atomic mass is 10.1. The van der Waals surface area contributed by atoms with Crippen molar-refractivity contribution < 1.29 is 4.74 Å². The zero-order chi connectivity index (χ0) is 14.9. The van der Waals surface area contributed by atoms with Gasteiger partial charge in [0.1, 0.15) is 0 Å². The normalized spacial score (nSPS) is 13.6. The molecule has 1 heteroatoms. The van der Waals surface area contributed by atoms with Gasteiger partial charge in [-0.1, -0.05) is 69.8 Å². The Morgan fingerprint density at radius 3 is 2.05 bits per heavy atom. The summed E-state index contributed by atoms with van der Waals surface area (Å²) < 4.78 is 5.25. The molecule has 118 valence electrons. The maximum absolute atomic E-state index is 5.25. The molecule has 0 radical (unpaired) electrons. The number of ether oxygens (including phenoxy) is 1. The third-order valence-corrected chi connectivity index (χ3v) is 3.71. The van der Waals surface area contributed by atoms with Crippen LogP contribution in [-0.2, 0) is 4.74 Å². The van der Waals surface area contributed by atoms with Gasteiger partial charge in [0.2, 0.25) is 0 Å². The van der Waals surface area contributed by atoms with Crippen LogP contribution < -0.4 is 0 Å². The fourth-order valence-electron chi connectivity index (χ4n) is 2.17. The molecular weight excluding hydrogens is 244 g/mol. The van der Waals surface area contributed by atoms with E-state index < -0.39 is 0 Å². The van der Waals surface area contributed by atoms with E-state index in [1.54, 1.807) is 7.11 Å². The summed E-state index contributed by atoms with van der Waals surface area (Å²) >= 11 is 0. The van der Waals surface area contributed by atoms with Crippen molar-refractivity contribution in [3.63, 3.8) is 0 Å². The molecule has 0 saturated heterocycles. The Morgan fingerprint density at radius 1 is 0.800 bits per heavy atom. The van der Waals surface area contributed by atoms with E-state index in [-0.39, 0.29) is 0 Å². The molecule has 0 rings (SSSR count). The van der Waals surface area contributed by atoms with Gasteiger partial charge in [-0.3, -0.25) is 0 Å². The van der Waals surface area contributed by atoms with Gasteiger partial charge in [-0.25, -0.2) is 0 Å². The summed E-state index contributed by atoms with van der Waals surface area (Å²) in [6.45, 7) is 4.40. The van der Waals surface area contributed by atoms with E-state index in [1.165, 1.54) is 64.2 Å². The predicted octanol–water partition coefficient (Wildman–Crippen LogP) is 6.44. The first-order chi connectivity index (χ1) is 9.81. The van der Waals surface area contributed by atoms with E-state index in [0.29, 0.717) is 6.10 Å². The van der Waals surface area contributed by atoms with Gasteiger partial charge in [-0.15, -0.1) is 0 Å². The second-order valence-corrected chi connectivity index (χ2v) is 5.71. The standard InChI is InChI=1S/C19H36O/c1-4-5-6-7-8-9-10-11-12-13-14-15-16-17-18-19(2)20-3/h7-8,10-11,19H,4-6,9,12-18H2,1-3H3/b8-7-,11-10-. The zero-order valence-corrected chi connectivity index (χ0v) is 14.1. The molecule has 1 unspecified atom stereocenters. The summed E-state index contributed by atoms with van der Waals surface area (Å²) in [5, 5.41) is 0. The van der Waals surface area contributed by atoms with E-state index >= 15 is 0 Å². The van der Waals surface area contributed by atoms with Crippen LogP contribution in [0.15, 0.2) is 24.3 Å². The summed E-state index contributed by atoms with van der Waals surface area (Å²) in [6.07, 6.45) is 23.9. The summed E-state index contributed by atoms with van der Waals surface area (Å²) in [4.78, 5) is 0. The summed E-state index contributed by atoms with van der Waals surface area (Å²) in [5.41, 5.74) is 0. The van der Waals surface area contributed by atoms with Gasteiger partial charge in [-0.2, -0.15) is 0 Å². The van der Waals surface area contributed by atoms with E-state index in [1.807, 2.05) is 0 Å². The molecule has 1 atom stereocenters. The van der Waals surface area contributed by atoms with Crippen LogP contribution in [0.4, 0.5) is 0 Å². The molecule has 0 aromatic rings. The number of unbranched alkanes of at least 4 members (excludes halogenated alkanes) is 7. The number of hydrogen-bond acceptors (Lipinski definition) is 1. The van der Waals surface area contributed by atoms with Crippen molar-refractivity contribution in [3.8, 4) is 0 Å². The van der Waals surface area contributed by atoms with Crippen LogP contribution in [0, 0.1) is 0 Å². The molecule has 0 aliphatic carbocycles. The van der Waals surface area contributed by atoms with E-state index in [2.05, 4.69) is 38.2 Å². The van der Waals surface area contributed by atoms with Crippen LogP contribution in [-0.4, -0.2) is 13.2 Å². The Bertz CT molecular complexity index is 230. The van der Waals surface area contributed by atoms with Crippen LogP contribution in [0.5, 0.6) is 0 Å². The quantitative estimate of drug-likeness (QED) is 0.262. The fourth-order valence-corrected chi connectivity index (χ4v) is 2.17. The Balaban J connectivity index is 3.17. The average molecular weight is 280 g/mol. The average Bonchev–Trinajstić information content (AvgIpc) is 2.47. The molecule has 0 aliphatic heterocycles. The molecule has 0 fully saturated rings. The van der Waals surface area contributed by atoms with Gasteiger partial charge >= 0.3 is 0 Å². The lowest BCUT2D eigenvalue weighted by Gasteiger charge is -2.08. The molecule has 0 N–H and O–H groups in total. The van der Waals surface area contributed by atoms with Gasteiger partial charge < -0.3 is 4.74 Å². The summed E-state index contributed by atoms with van der Waals surface area (Å²) in [7, 11) is 1.80. The minimum atomic E-state index is 0.434. The van der Waals surface area contributed by atoms with Crippen molar-refractivity contribution in [2.24, 2.45) is 0 Å². The third-order valence-electron chi connectivity index (χ3n) is 3.71. The molecule has 0 aromatic heterocycles. The highest BCUT2D eigenvalue weighted by atomic mass is 16.5. The molecule has 0 bridgehead atoms. The molecule has 0 amide bonds. The van der Waals surface area contributed by atoms with Crippen LogP contribution in [0.1, 0.15) is 84.5 Å². The number of rotatable bonds is 14. The summed E-state index contributed by atoms with van der Waals surface area (Å²) in [6, 6.07) is 0. The van der Waals surface area contributed by atoms with Crippen molar-refractivity contribution in [2.75, 3.05) is 7.11 Å². The van der Waals surface area contributed by atoms with Crippen LogP contribution in [0.2, 0.25) is 0 Å². The van der Waals surface area contributed by atoms with Crippen molar-refractivity contribution in [3.05, 3.63) is 24.3 Å². The molecule has 0 saturated carbocycles. The highest BCUT2D eigenvalue weighted by Gasteiger charge is 1.97. The summed E-state index contributed by atoms with van der Waals surface area (Å²) in [5.74, 6) is 0. The van der Waals surface area contributed by atoms with Gasteiger partial charge in [0.15, 0.2) is 0 Å². The number of methoxy groups -OCH3 is 1. The highest BCUT2D eigenvalue weighted by Crippen LogP contribution is 2.10. The van der Waals surface area contributed by atoms with Crippen LogP contribution in [0.25, 0.3) is 0 Å². The van der Waals surface area contributed by atoms with Gasteiger partial charge in [0, 0.05) is 7.11 Å². The largest absolute Gasteiger partial charge is 0.382 e. The van der Waals surface area contributed by atoms with E-state index in [9.17, 15) is 0 Å². The fraction of sp³-hybridized carbons (Fsp3) is 0.789. The monoisotopic (exact) mass is 280 g/mol. The zero-order valence-electron chi connectivity index (χ0n) is 14.1. The Kier molecular flexibility index (Phi) is 16.0. The van der Waals surface area contributed by atoms with Gasteiger partial charge in [0.05, 0.1) is 6.10 Å². The van der Waals surface area contributed by atoms with E-state index in [0.717, 1.165) is 6.42 Å². The van der Waals surface area contributed by atoms with Crippen molar-refractivity contribution in [2.45, 2.75) is 90.6 Å². The Hall–Kier alpha value is -0.560. The second-order valence-electron chi connectivity index (χ2n) is 5.71. The molecular formula is C19H36O. The lowest BCUT2D eigenvalue weighted by molar-refractivity contribution is 0.108. The first-order valence-electron chi connectivity index (χ1n) is 8.64. The highest BCUT2D eigenvalue weighted by molar-refractivity contribution is 4.92. The Morgan fingerprint density at radius 2 is 1.40 bits per heavy atom. The molecule has 1 nitrogen and oxygen atoms in total. The Labute approximate surface area is 127 Å². The maximum atomic E-state index is 5.25. The van der Waals surface area contributed by atoms with Crippen molar-refractivity contribution in [1.82, 2.24) is 0 Å². The van der Waals surface area contributed by atoms with Crippen LogP contribution >= 0.6 is 0 Å². The molecule has 0 aromatic carbocycles. The molecule has 0 spiro atoms. The molecule has 0 aliphatic rings. The van der Waals surface area contributed by atoms with Crippen molar-refractivity contribution >= 4 is 0 Å². The smallest absolute Gasteiger partial charge is 0.0543 e. The van der Waals surface area contributed by atoms with E-state index in [4.69, 9.17) is 4.74 Å². The second kappa shape index (κ2) is 16.5. The first kappa shape index (κ1) is 19.4.